The predicted octanol–water partition coefficient (Wildman–Crippen LogP) is 4.55. The molecule has 4 rings (SSSR count). The van der Waals surface area contributed by atoms with Gasteiger partial charge in [-0.3, -0.25) is 9.09 Å². The summed E-state index contributed by atoms with van der Waals surface area (Å²) in [6.45, 7) is 1.15. The molecule has 1 saturated heterocycles. The molecule has 30 heavy (non-hydrogen) atoms. The van der Waals surface area contributed by atoms with Gasteiger partial charge in [0.1, 0.15) is 12.7 Å². The van der Waals surface area contributed by atoms with Gasteiger partial charge in [-0.25, -0.2) is 19.9 Å². The number of hydrogen-bond donors (Lipinski definition) is 0. The highest BCUT2D eigenvalue weighted by Crippen LogP contribution is 2.56. The van der Waals surface area contributed by atoms with Gasteiger partial charge >= 0.3 is 7.60 Å². The Morgan fingerprint density at radius 1 is 1.47 bits per heavy atom. The Bertz CT molecular complexity index is 1140. The molecule has 0 radical (unpaired) electrons. The first-order chi connectivity index (χ1) is 15.0. The van der Waals surface area contributed by atoms with Gasteiger partial charge in [0.2, 0.25) is 0 Å². The van der Waals surface area contributed by atoms with E-state index < -0.39 is 20.3 Å². The van der Waals surface area contributed by atoms with Crippen LogP contribution >= 0.6 is 19.2 Å². The smallest absolute Gasteiger partial charge is 0.356 e. The van der Waals surface area contributed by atoms with E-state index in [9.17, 15) is 4.57 Å². The minimum atomic E-state index is -3.51. The van der Waals surface area contributed by atoms with E-state index in [1.54, 1.807) is 36.2 Å². The van der Waals surface area contributed by atoms with Crippen molar-refractivity contribution in [1.82, 2.24) is 19.5 Å². The minimum absolute atomic E-state index is 0.126. The monoisotopic (exact) mass is 451 g/mol. The molecule has 3 heterocycles. The van der Waals surface area contributed by atoms with Crippen molar-refractivity contribution in [2.75, 3.05) is 19.5 Å². The van der Waals surface area contributed by atoms with Crippen LogP contribution in [0.5, 0.6) is 0 Å². The Hall–Kier alpha value is -2.16. The molecule has 1 aliphatic rings. The second-order valence-electron chi connectivity index (χ2n) is 6.50. The molecule has 11 heteroatoms. The maximum Gasteiger partial charge on any atom is 0.356 e. The van der Waals surface area contributed by atoms with Gasteiger partial charge < -0.3 is 13.8 Å². The zero-order chi connectivity index (χ0) is 21.8. The van der Waals surface area contributed by atoms with Crippen molar-refractivity contribution in [3.05, 3.63) is 47.5 Å². The molecule has 3 aromatic rings. The van der Waals surface area contributed by atoms with Gasteiger partial charge in [0.05, 0.1) is 27.0 Å². The summed E-state index contributed by atoms with van der Waals surface area (Å²) in [7, 11) is -3.51. The fraction of sp³-hybridized carbons (Fsp3) is 0.368. The summed E-state index contributed by atoms with van der Waals surface area (Å²) in [5.41, 5.74) is 1.90. The Labute approximate surface area is 180 Å². The third-order valence-electron chi connectivity index (χ3n) is 4.43. The highest BCUT2D eigenvalue weighted by molar-refractivity contribution is 7.53. The van der Waals surface area contributed by atoms with Crippen LogP contribution in [0.4, 0.5) is 5.82 Å². The summed E-state index contributed by atoms with van der Waals surface area (Å²) in [4.78, 5) is 16.7. The van der Waals surface area contributed by atoms with Crippen LogP contribution in [-0.2, 0) is 24.9 Å². The van der Waals surface area contributed by atoms with Crippen molar-refractivity contribution in [2.45, 2.75) is 26.0 Å². The van der Waals surface area contributed by atoms with Gasteiger partial charge in [-0.15, -0.1) is 0 Å². The maximum atomic E-state index is 13.0. The second kappa shape index (κ2) is 9.32. The summed E-state index contributed by atoms with van der Waals surface area (Å²) in [5, 5.41) is 0.578. The summed E-state index contributed by atoms with van der Waals surface area (Å²) < 4.78 is 39.5. The molecule has 0 spiro atoms. The first kappa shape index (κ1) is 19.8. The van der Waals surface area contributed by atoms with Crippen LogP contribution in [-0.4, -0.2) is 45.3 Å². The lowest BCUT2D eigenvalue weighted by atomic mass is 10.1. The SMILES string of the molecule is [3H]C(Cn1cnc2c(/N=C\C)ncnc21)OCP1(=O)OCC[C@@H](c2cccc(Cl)c2)O1. The summed E-state index contributed by atoms with van der Waals surface area (Å²) in [6.07, 6.45) is 4.38. The van der Waals surface area contributed by atoms with Crippen LogP contribution in [0.2, 0.25) is 5.02 Å². The van der Waals surface area contributed by atoms with Crippen molar-refractivity contribution >= 4 is 42.4 Å². The Morgan fingerprint density at radius 2 is 2.37 bits per heavy atom. The molecule has 0 saturated carbocycles. The fourth-order valence-electron chi connectivity index (χ4n) is 3.07. The average molecular weight is 452 g/mol. The first-order valence-electron chi connectivity index (χ1n) is 9.91. The molecule has 3 atom stereocenters. The first-order valence-corrected chi connectivity index (χ1v) is 11.4. The van der Waals surface area contributed by atoms with Gasteiger partial charge in [-0.2, -0.15) is 0 Å². The lowest BCUT2D eigenvalue weighted by Gasteiger charge is -2.30. The number of rotatable bonds is 7. The molecule has 9 nitrogen and oxygen atoms in total. The van der Waals surface area contributed by atoms with Crippen molar-refractivity contribution in [3.8, 4) is 0 Å². The molecule has 0 amide bonds. The van der Waals surface area contributed by atoms with E-state index in [0.717, 1.165) is 5.56 Å². The molecule has 1 fully saturated rings. The van der Waals surface area contributed by atoms with E-state index in [-0.39, 0.29) is 19.5 Å². The van der Waals surface area contributed by atoms with Crippen LogP contribution in [0.3, 0.4) is 0 Å². The predicted molar refractivity (Wildman–Crippen MR) is 113 cm³/mol. The average Bonchev–Trinajstić information content (AvgIpc) is 3.16. The van der Waals surface area contributed by atoms with Crippen molar-refractivity contribution < 1.29 is 19.7 Å². The number of ether oxygens (including phenoxy) is 1. The lowest BCUT2D eigenvalue weighted by molar-refractivity contribution is 0.0563. The molecular formula is C19H21ClN5O4P. The van der Waals surface area contributed by atoms with Gasteiger partial charge in [0.15, 0.2) is 17.0 Å². The number of aliphatic imine (C=N–C) groups is 1. The maximum absolute atomic E-state index is 13.0. The topological polar surface area (TPSA) is 101 Å². The zero-order valence-corrected chi connectivity index (χ0v) is 17.9. The Balaban J connectivity index is 1.39. The quantitative estimate of drug-likeness (QED) is 0.383. The molecule has 2 unspecified atom stereocenters. The lowest BCUT2D eigenvalue weighted by Crippen LogP contribution is -2.17. The third-order valence-corrected chi connectivity index (χ3v) is 6.28. The van der Waals surface area contributed by atoms with Gasteiger partial charge in [-0.1, -0.05) is 23.7 Å². The number of fused-ring (bicyclic) bond motifs is 1. The summed E-state index contributed by atoms with van der Waals surface area (Å²) in [6, 6.07) is 7.22. The summed E-state index contributed by atoms with van der Waals surface area (Å²) in [5.74, 6) is 0.453. The van der Waals surface area contributed by atoms with Gasteiger partial charge in [0, 0.05) is 24.2 Å². The van der Waals surface area contributed by atoms with E-state index in [0.29, 0.717) is 28.4 Å². The highest BCUT2D eigenvalue weighted by Gasteiger charge is 2.34. The number of hydrogen-bond acceptors (Lipinski definition) is 8. The molecule has 0 N–H and O–H groups in total. The molecule has 0 aliphatic carbocycles. The summed E-state index contributed by atoms with van der Waals surface area (Å²) >= 11 is 6.04. The van der Waals surface area contributed by atoms with E-state index in [4.69, 9.17) is 26.8 Å². The fourth-order valence-corrected chi connectivity index (χ4v) is 4.75. The number of nitrogens with zero attached hydrogens (tertiary/aromatic N) is 5. The Morgan fingerprint density at radius 3 is 3.20 bits per heavy atom. The molecule has 1 aromatic carbocycles. The Kier molecular flexibility index (Phi) is 6.15. The van der Waals surface area contributed by atoms with Crippen LogP contribution < -0.4 is 0 Å². The number of halogens is 1. The largest absolute Gasteiger partial charge is 0.367 e. The number of aryl methyl sites for hydroxylation is 1. The van der Waals surface area contributed by atoms with E-state index >= 15 is 0 Å². The molecule has 158 valence electrons. The van der Waals surface area contributed by atoms with Crippen molar-refractivity contribution in [3.63, 3.8) is 0 Å². The normalized spacial score (nSPS) is 23.7. The van der Waals surface area contributed by atoms with E-state index in [2.05, 4.69) is 19.9 Å². The van der Waals surface area contributed by atoms with Gasteiger partial charge in [-0.05, 0) is 24.6 Å². The van der Waals surface area contributed by atoms with Crippen molar-refractivity contribution in [2.24, 2.45) is 4.99 Å². The number of imidazole rings is 1. The third kappa shape index (κ3) is 4.77. The van der Waals surface area contributed by atoms with E-state index in [1.807, 2.05) is 12.1 Å². The van der Waals surface area contributed by atoms with Crippen LogP contribution in [0.1, 0.15) is 26.4 Å². The highest BCUT2D eigenvalue weighted by atomic mass is 35.5. The molecule has 2 aromatic heterocycles. The van der Waals surface area contributed by atoms with Crippen LogP contribution in [0.15, 0.2) is 41.9 Å². The number of benzene rings is 1. The molecular weight excluding hydrogens is 429 g/mol. The minimum Gasteiger partial charge on any atom is -0.367 e. The second-order valence-corrected chi connectivity index (χ2v) is 8.88. The van der Waals surface area contributed by atoms with Crippen molar-refractivity contribution in [1.29, 1.82) is 0 Å². The van der Waals surface area contributed by atoms with Gasteiger partial charge in [0.25, 0.3) is 0 Å². The molecule has 1 aliphatic heterocycles. The van der Waals surface area contributed by atoms with Crippen LogP contribution in [0, 0.1) is 0 Å². The standard InChI is InChI=1S/C19H21ClN5O4P/c1-2-21-18-17-19(23-11-22-18)25(12-24-17)7-9-27-13-30(26)28-8-6-16(29-30)14-4-3-5-15(20)10-14/h2-5,10-12,16H,6-9,13H2,1H3/b21-2-/t16-,30?/m0/s1/i9T/t9?,16-,30?. The van der Waals surface area contributed by atoms with Crippen LogP contribution in [0.25, 0.3) is 11.2 Å². The number of aromatic nitrogens is 4. The molecule has 0 bridgehead atoms. The zero-order valence-electron chi connectivity index (χ0n) is 17.2. The van der Waals surface area contributed by atoms with E-state index in [1.165, 1.54) is 6.33 Å².